The minimum absolute atomic E-state index is 0.550. The summed E-state index contributed by atoms with van der Waals surface area (Å²) in [5, 5.41) is 4.66. The number of furan rings is 1. The first-order chi connectivity index (χ1) is 28.8. The highest BCUT2D eigenvalue weighted by molar-refractivity contribution is 6.26. The molecule has 0 saturated heterocycles. The molecule has 0 atom stereocenters. The third-order valence-corrected chi connectivity index (χ3v) is 12.8. The predicted octanol–water partition coefficient (Wildman–Crippen LogP) is 14.5. The van der Waals surface area contributed by atoms with Gasteiger partial charge in [0.2, 0.25) is 0 Å². The molecule has 1 spiro atoms. The molecule has 3 nitrogen and oxygen atoms in total. The molecule has 0 radical (unpaired) electrons. The Hall–Kier alpha value is -7.62. The van der Waals surface area contributed by atoms with Crippen molar-refractivity contribution in [2.45, 2.75) is 5.41 Å². The largest absolute Gasteiger partial charge is 0.455 e. The van der Waals surface area contributed by atoms with Gasteiger partial charge in [0, 0.05) is 33.2 Å². The Bertz CT molecular complexity index is 3360. The lowest BCUT2D eigenvalue weighted by Crippen LogP contribution is -2.33. The zero-order valence-electron chi connectivity index (χ0n) is 31.4. The van der Waals surface area contributed by atoms with Crippen molar-refractivity contribution in [1.82, 2.24) is 4.57 Å². The second kappa shape index (κ2) is 11.7. The second-order valence-electron chi connectivity index (χ2n) is 15.6. The van der Waals surface area contributed by atoms with E-state index in [9.17, 15) is 0 Å². The van der Waals surface area contributed by atoms with E-state index < -0.39 is 5.41 Å². The zero-order chi connectivity index (χ0) is 38.0. The molecule has 1 aliphatic heterocycles. The van der Waals surface area contributed by atoms with Crippen molar-refractivity contribution in [2.24, 2.45) is 0 Å². The molecule has 11 aromatic rings. The lowest BCUT2D eigenvalue weighted by atomic mass is 9.65. The molecule has 3 heteroatoms. The summed E-state index contributed by atoms with van der Waals surface area (Å²) >= 11 is 0. The first-order valence-corrected chi connectivity index (χ1v) is 20.0. The summed E-state index contributed by atoms with van der Waals surface area (Å²) in [5.74, 6) is 0. The molecule has 3 heterocycles. The SMILES string of the molecule is c1ccc(N(c2ccccc2)c2ccc(-c3ccc4c(c3)-n3c5ccccc5c5c6oc7ccccc7c6cc(c53)C43c4ccccc4-c4ccccc43)cc2)cc1. The fraction of sp³-hybridized carbons (Fsp3) is 0.0182. The van der Waals surface area contributed by atoms with E-state index in [1.54, 1.807) is 0 Å². The monoisotopic (exact) mass is 738 g/mol. The quantitative estimate of drug-likeness (QED) is 0.179. The summed E-state index contributed by atoms with van der Waals surface area (Å²) in [7, 11) is 0. The standard InChI is InChI=1S/C55H34N2O/c1-3-15-37(16-4-1)56(38-17-5-2-6-18-38)39-30-27-35(28-31-39)36-29-32-47-50(33-36)57-49-25-13-9-22-43(49)52-53(57)48(34-44-42-21-10-14-26-51(42)58-54(44)52)55(47)45-23-11-7-19-40(45)41-20-8-12-24-46(41)55/h1-34H. The van der Waals surface area contributed by atoms with E-state index in [0.29, 0.717) is 0 Å². The van der Waals surface area contributed by atoms with E-state index in [4.69, 9.17) is 4.42 Å². The lowest BCUT2D eigenvalue weighted by Gasteiger charge is -2.40. The lowest BCUT2D eigenvalue weighted by molar-refractivity contribution is 0.672. The van der Waals surface area contributed by atoms with Crippen LogP contribution >= 0.6 is 0 Å². The van der Waals surface area contributed by atoms with Gasteiger partial charge in [-0.25, -0.2) is 0 Å². The van der Waals surface area contributed by atoms with Gasteiger partial charge in [-0.05, 0) is 105 Å². The third kappa shape index (κ3) is 4.07. The molecular formula is C55H34N2O. The summed E-state index contributed by atoms with van der Waals surface area (Å²) in [5.41, 5.74) is 18.4. The Morgan fingerprint density at radius 3 is 1.69 bits per heavy atom. The van der Waals surface area contributed by atoms with Crippen molar-refractivity contribution in [3.63, 3.8) is 0 Å². The molecule has 0 bridgehead atoms. The van der Waals surface area contributed by atoms with Crippen LogP contribution in [0.15, 0.2) is 211 Å². The van der Waals surface area contributed by atoms with Gasteiger partial charge in [-0.1, -0.05) is 146 Å². The minimum atomic E-state index is -0.550. The van der Waals surface area contributed by atoms with Crippen molar-refractivity contribution in [3.05, 3.63) is 229 Å². The van der Waals surface area contributed by atoms with Gasteiger partial charge in [0.1, 0.15) is 11.2 Å². The van der Waals surface area contributed by atoms with Crippen LogP contribution in [0.5, 0.6) is 0 Å². The van der Waals surface area contributed by atoms with Gasteiger partial charge in [0.05, 0.1) is 27.5 Å². The average Bonchev–Trinajstić information content (AvgIpc) is 3.94. The van der Waals surface area contributed by atoms with Crippen LogP contribution in [0.3, 0.4) is 0 Å². The number of anilines is 3. The van der Waals surface area contributed by atoms with Gasteiger partial charge in [0.25, 0.3) is 0 Å². The molecule has 58 heavy (non-hydrogen) atoms. The molecule has 1 aliphatic carbocycles. The number of hydrogen-bond acceptors (Lipinski definition) is 2. The highest BCUT2D eigenvalue weighted by Crippen LogP contribution is 2.62. The van der Waals surface area contributed by atoms with Crippen molar-refractivity contribution in [1.29, 1.82) is 0 Å². The fourth-order valence-electron chi connectivity index (χ4n) is 10.4. The first-order valence-electron chi connectivity index (χ1n) is 20.0. The second-order valence-corrected chi connectivity index (χ2v) is 15.6. The maximum absolute atomic E-state index is 6.86. The van der Waals surface area contributed by atoms with E-state index >= 15 is 0 Å². The molecule has 0 fully saturated rings. The fourth-order valence-corrected chi connectivity index (χ4v) is 10.4. The molecule has 2 aromatic heterocycles. The van der Waals surface area contributed by atoms with Crippen LogP contribution in [-0.4, -0.2) is 4.57 Å². The number of hydrogen-bond donors (Lipinski definition) is 0. The van der Waals surface area contributed by atoms with Crippen molar-refractivity contribution >= 4 is 60.8 Å². The Morgan fingerprint density at radius 1 is 0.414 bits per heavy atom. The number of nitrogens with zero attached hydrogens (tertiary/aromatic N) is 2. The number of para-hydroxylation sites is 4. The van der Waals surface area contributed by atoms with Crippen LogP contribution < -0.4 is 4.90 Å². The Labute approximate surface area is 335 Å². The van der Waals surface area contributed by atoms with Gasteiger partial charge in [-0.15, -0.1) is 0 Å². The van der Waals surface area contributed by atoms with Crippen LogP contribution in [0, 0.1) is 0 Å². The summed E-state index contributed by atoms with van der Waals surface area (Å²) < 4.78 is 9.39. The molecule has 13 rings (SSSR count). The summed E-state index contributed by atoms with van der Waals surface area (Å²) in [6.45, 7) is 0. The topological polar surface area (TPSA) is 21.3 Å². The predicted molar refractivity (Wildman–Crippen MR) is 239 cm³/mol. The van der Waals surface area contributed by atoms with E-state index in [2.05, 4.69) is 216 Å². The number of aromatic nitrogens is 1. The summed E-state index contributed by atoms with van der Waals surface area (Å²) in [6.07, 6.45) is 0. The van der Waals surface area contributed by atoms with Crippen LogP contribution in [-0.2, 0) is 5.41 Å². The van der Waals surface area contributed by atoms with Crippen LogP contribution in [0.1, 0.15) is 22.3 Å². The van der Waals surface area contributed by atoms with Crippen molar-refractivity contribution < 1.29 is 4.42 Å². The zero-order valence-corrected chi connectivity index (χ0v) is 31.4. The molecular weight excluding hydrogens is 705 g/mol. The van der Waals surface area contributed by atoms with Crippen molar-refractivity contribution in [2.75, 3.05) is 4.90 Å². The van der Waals surface area contributed by atoms with E-state index in [0.717, 1.165) is 39.0 Å². The Kier molecular flexibility index (Phi) is 6.37. The van der Waals surface area contributed by atoms with Crippen LogP contribution in [0.4, 0.5) is 17.1 Å². The smallest absolute Gasteiger partial charge is 0.145 e. The van der Waals surface area contributed by atoms with E-state index in [1.165, 1.54) is 72.0 Å². The number of rotatable bonds is 4. The maximum atomic E-state index is 6.86. The van der Waals surface area contributed by atoms with Gasteiger partial charge in [-0.2, -0.15) is 0 Å². The Morgan fingerprint density at radius 2 is 0.983 bits per heavy atom. The van der Waals surface area contributed by atoms with E-state index in [-0.39, 0.29) is 0 Å². The molecule has 0 amide bonds. The summed E-state index contributed by atoms with van der Waals surface area (Å²) in [4.78, 5) is 2.31. The third-order valence-electron chi connectivity index (χ3n) is 12.8. The number of benzene rings is 9. The van der Waals surface area contributed by atoms with Gasteiger partial charge in [0.15, 0.2) is 0 Å². The minimum Gasteiger partial charge on any atom is -0.455 e. The normalized spacial score (nSPS) is 13.3. The molecule has 0 N–H and O–H groups in total. The van der Waals surface area contributed by atoms with Crippen molar-refractivity contribution in [3.8, 4) is 27.9 Å². The Balaban J connectivity index is 1.11. The molecule has 9 aromatic carbocycles. The highest BCUT2D eigenvalue weighted by atomic mass is 16.3. The highest BCUT2D eigenvalue weighted by Gasteiger charge is 2.51. The molecule has 0 saturated carbocycles. The van der Waals surface area contributed by atoms with Gasteiger partial charge >= 0.3 is 0 Å². The van der Waals surface area contributed by atoms with Crippen LogP contribution in [0.25, 0.3) is 71.7 Å². The molecule has 2 aliphatic rings. The molecule has 270 valence electrons. The molecule has 0 unspecified atom stereocenters. The number of fused-ring (bicyclic) bond motifs is 16. The van der Waals surface area contributed by atoms with E-state index in [1.807, 2.05) is 0 Å². The average molecular weight is 739 g/mol. The van der Waals surface area contributed by atoms with Gasteiger partial charge < -0.3 is 13.9 Å². The van der Waals surface area contributed by atoms with Gasteiger partial charge in [-0.3, -0.25) is 0 Å². The maximum Gasteiger partial charge on any atom is 0.145 e. The first kappa shape index (κ1) is 31.6. The summed E-state index contributed by atoms with van der Waals surface area (Å²) in [6, 6.07) is 75.3. The van der Waals surface area contributed by atoms with Crippen LogP contribution in [0.2, 0.25) is 0 Å².